The van der Waals surface area contributed by atoms with Crippen LogP contribution < -0.4 is 10.6 Å². The van der Waals surface area contributed by atoms with E-state index < -0.39 is 0 Å². The van der Waals surface area contributed by atoms with Crippen LogP contribution in [0.5, 0.6) is 0 Å². The lowest BCUT2D eigenvalue weighted by Gasteiger charge is -2.30. The van der Waals surface area contributed by atoms with E-state index in [-0.39, 0.29) is 17.5 Å². The molecule has 118 valence electrons. The highest BCUT2D eigenvalue weighted by molar-refractivity contribution is 5.81. The molecular formula is C17H28N2O2. The number of carbonyl (C=O) groups excluding carboxylic acids is 1. The lowest BCUT2D eigenvalue weighted by molar-refractivity contribution is -0.123. The molecule has 0 radical (unpaired) electrons. The van der Waals surface area contributed by atoms with Gasteiger partial charge in [0.2, 0.25) is 5.91 Å². The summed E-state index contributed by atoms with van der Waals surface area (Å²) in [5, 5.41) is 6.25. The van der Waals surface area contributed by atoms with E-state index in [9.17, 15) is 4.79 Å². The highest BCUT2D eigenvalue weighted by Gasteiger charge is 2.23. The molecule has 0 saturated heterocycles. The molecule has 21 heavy (non-hydrogen) atoms. The number of amides is 1. The zero-order valence-corrected chi connectivity index (χ0v) is 13.6. The van der Waals surface area contributed by atoms with Gasteiger partial charge in [0.15, 0.2) is 0 Å². The van der Waals surface area contributed by atoms with Crippen molar-refractivity contribution in [2.45, 2.75) is 45.2 Å². The van der Waals surface area contributed by atoms with E-state index >= 15 is 0 Å². The van der Waals surface area contributed by atoms with Crippen molar-refractivity contribution in [1.29, 1.82) is 0 Å². The summed E-state index contributed by atoms with van der Waals surface area (Å²) in [6.45, 7) is 7.25. The summed E-state index contributed by atoms with van der Waals surface area (Å²) in [6.07, 6.45) is 1.98. The van der Waals surface area contributed by atoms with Crippen molar-refractivity contribution in [3.05, 3.63) is 35.9 Å². The van der Waals surface area contributed by atoms with Gasteiger partial charge in [-0.1, -0.05) is 30.3 Å². The van der Waals surface area contributed by atoms with Gasteiger partial charge in [-0.15, -0.1) is 0 Å². The summed E-state index contributed by atoms with van der Waals surface area (Å²) in [4.78, 5) is 11.9. The number of hydrogen-bond acceptors (Lipinski definition) is 3. The summed E-state index contributed by atoms with van der Waals surface area (Å²) in [7, 11) is 1.63. The topological polar surface area (TPSA) is 50.4 Å². The molecule has 0 spiro atoms. The van der Waals surface area contributed by atoms with E-state index in [0.29, 0.717) is 13.2 Å². The molecular weight excluding hydrogens is 264 g/mol. The largest absolute Gasteiger partial charge is 0.383 e. The molecule has 2 N–H and O–H groups in total. The van der Waals surface area contributed by atoms with Gasteiger partial charge in [0, 0.05) is 19.2 Å². The molecule has 1 rings (SSSR count). The van der Waals surface area contributed by atoms with Crippen molar-refractivity contribution in [3.8, 4) is 0 Å². The minimum Gasteiger partial charge on any atom is -0.383 e. The molecule has 4 nitrogen and oxygen atoms in total. The van der Waals surface area contributed by atoms with Gasteiger partial charge in [-0.2, -0.15) is 0 Å². The van der Waals surface area contributed by atoms with E-state index in [1.807, 2.05) is 13.0 Å². The summed E-state index contributed by atoms with van der Waals surface area (Å²) < 4.78 is 4.93. The number of ether oxygens (including phenoxy) is 1. The Kier molecular flexibility index (Phi) is 7.40. The zero-order chi connectivity index (χ0) is 15.7. The zero-order valence-electron chi connectivity index (χ0n) is 13.6. The van der Waals surface area contributed by atoms with Gasteiger partial charge in [0.05, 0.1) is 12.6 Å². The van der Waals surface area contributed by atoms with Crippen LogP contribution in [0.2, 0.25) is 0 Å². The molecule has 0 aliphatic rings. The number of rotatable bonds is 9. The summed E-state index contributed by atoms with van der Waals surface area (Å²) >= 11 is 0. The number of aryl methyl sites for hydroxylation is 1. The Bertz CT molecular complexity index is 418. The summed E-state index contributed by atoms with van der Waals surface area (Å²) in [6, 6.07) is 10.2. The standard InChI is InChI=1S/C17H28N2O2/c1-14(16(20)18-12-13-21-4)19-17(2,3)11-10-15-8-6-5-7-9-15/h5-9,14,19H,10-13H2,1-4H3,(H,18,20). The highest BCUT2D eigenvalue weighted by Crippen LogP contribution is 2.14. The Hall–Kier alpha value is -1.39. The predicted octanol–water partition coefficient (Wildman–Crippen LogP) is 2.14. The fraction of sp³-hybridized carbons (Fsp3) is 0.588. The maximum atomic E-state index is 11.9. The molecule has 1 unspecified atom stereocenters. The number of hydrogen-bond donors (Lipinski definition) is 2. The van der Waals surface area contributed by atoms with Crippen LogP contribution in [-0.4, -0.2) is 37.7 Å². The third-order valence-corrected chi connectivity index (χ3v) is 3.49. The van der Waals surface area contributed by atoms with Crippen molar-refractivity contribution in [1.82, 2.24) is 10.6 Å². The van der Waals surface area contributed by atoms with E-state index in [1.165, 1.54) is 5.56 Å². The quantitative estimate of drug-likeness (QED) is 0.686. The van der Waals surface area contributed by atoms with Gasteiger partial charge >= 0.3 is 0 Å². The second-order valence-electron chi connectivity index (χ2n) is 6.02. The first-order chi connectivity index (χ1) is 9.94. The SMILES string of the molecule is COCCNC(=O)C(C)NC(C)(C)CCc1ccccc1. The molecule has 0 aromatic heterocycles. The van der Waals surface area contributed by atoms with Crippen molar-refractivity contribution < 1.29 is 9.53 Å². The van der Waals surface area contributed by atoms with Gasteiger partial charge in [0.1, 0.15) is 0 Å². The predicted molar refractivity (Wildman–Crippen MR) is 86.3 cm³/mol. The monoisotopic (exact) mass is 292 g/mol. The Morgan fingerprint density at radius 1 is 1.29 bits per heavy atom. The third kappa shape index (κ3) is 7.25. The molecule has 0 saturated carbocycles. The fourth-order valence-electron chi connectivity index (χ4n) is 2.25. The van der Waals surface area contributed by atoms with Crippen LogP contribution in [-0.2, 0) is 16.0 Å². The van der Waals surface area contributed by atoms with Gasteiger partial charge in [-0.3, -0.25) is 4.79 Å². The first-order valence-corrected chi connectivity index (χ1v) is 7.53. The van der Waals surface area contributed by atoms with Gasteiger partial charge in [-0.05, 0) is 39.2 Å². The Balaban J connectivity index is 2.38. The minimum absolute atomic E-state index is 0.0137. The summed E-state index contributed by atoms with van der Waals surface area (Å²) in [5.74, 6) is 0.0137. The maximum Gasteiger partial charge on any atom is 0.236 e. The first kappa shape index (κ1) is 17.7. The van der Waals surface area contributed by atoms with Crippen molar-refractivity contribution in [2.24, 2.45) is 0 Å². The fourth-order valence-corrected chi connectivity index (χ4v) is 2.25. The first-order valence-electron chi connectivity index (χ1n) is 7.53. The van der Waals surface area contributed by atoms with Crippen molar-refractivity contribution in [3.63, 3.8) is 0 Å². The average molecular weight is 292 g/mol. The highest BCUT2D eigenvalue weighted by atomic mass is 16.5. The van der Waals surface area contributed by atoms with Crippen LogP contribution in [0.25, 0.3) is 0 Å². The van der Waals surface area contributed by atoms with Crippen molar-refractivity contribution >= 4 is 5.91 Å². The number of nitrogens with one attached hydrogen (secondary N) is 2. The molecule has 0 heterocycles. The molecule has 0 aliphatic heterocycles. The molecule has 1 aromatic rings. The third-order valence-electron chi connectivity index (χ3n) is 3.49. The average Bonchev–Trinajstić information content (AvgIpc) is 2.46. The number of methoxy groups -OCH3 is 1. The van der Waals surface area contributed by atoms with E-state index in [1.54, 1.807) is 7.11 Å². The normalized spacial score (nSPS) is 13.0. The molecule has 1 atom stereocenters. The van der Waals surface area contributed by atoms with Crippen LogP contribution in [0.4, 0.5) is 0 Å². The van der Waals surface area contributed by atoms with Crippen LogP contribution in [0, 0.1) is 0 Å². The minimum atomic E-state index is -0.215. The van der Waals surface area contributed by atoms with Crippen LogP contribution in [0.1, 0.15) is 32.8 Å². The van der Waals surface area contributed by atoms with Gasteiger partial charge in [-0.25, -0.2) is 0 Å². The maximum absolute atomic E-state index is 11.9. The van der Waals surface area contributed by atoms with Crippen molar-refractivity contribution in [2.75, 3.05) is 20.3 Å². The molecule has 4 heteroatoms. The Morgan fingerprint density at radius 3 is 2.57 bits per heavy atom. The smallest absolute Gasteiger partial charge is 0.236 e. The molecule has 1 amide bonds. The summed E-state index contributed by atoms with van der Waals surface area (Å²) in [5.41, 5.74) is 1.23. The molecule has 0 fully saturated rings. The molecule has 0 aliphatic carbocycles. The molecule has 1 aromatic carbocycles. The van der Waals surface area contributed by atoms with E-state index in [4.69, 9.17) is 4.74 Å². The number of carbonyl (C=O) groups is 1. The van der Waals surface area contributed by atoms with Crippen LogP contribution >= 0.6 is 0 Å². The van der Waals surface area contributed by atoms with Gasteiger partial charge in [0.25, 0.3) is 0 Å². The van der Waals surface area contributed by atoms with Crippen LogP contribution in [0.3, 0.4) is 0 Å². The second kappa shape index (κ2) is 8.80. The lowest BCUT2D eigenvalue weighted by Crippen LogP contribution is -2.52. The van der Waals surface area contributed by atoms with Crippen LogP contribution in [0.15, 0.2) is 30.3 Å². The second-order valence-corrected chi connectivity index (χ2v) is 6.02. The molecule has 0 bridgehead atoms. The lowest BCUT2D eigenvalue weighted by atomic mass is 9.94. The van der Waals surface area contributed by atoms with Gasteiger partial charge < -0.3 is 15.4 Å². The Morgan fingerprint density at radius 2 is 1.95 bits per heavy atom. The Labute approximate surface area is 128 Å². The van der Waals surface area contributed by atoms with E-state index in [0.717, 1.165) is 12.8 Å². The number of benzene rings is 1. The van der Waals surface area contributed by atoms with E-state index in [2.05, 4.69) is 48.7 Å².